The predicted octanol–water partition coefficient (Wildman–Crippen LogP) is 2.20. The molecule has 0 aromatic heterocycles. The van der Waals surface area contributed by atoms with E-state index < -0.39 is 11.5 Å². The zero-order chi connectivity index (χ0) is 15.1. The summed E-state index contributed by atoms with van der Waals surface area (Å²) in [6, 6.07) is 0.421. The first kappa shape index (κ1) is 16.7. The molecule has 0 bridgehead atoms. The van der Waals surface area contributed by atoms with Crippen LogP contribution in [-0.2, 0) is 14.3 Å². The van der Waals surface area contributed by atoms with Crippen LogP contribution in [-0.4, -0.2) is 49.1 Å². The molecule has 5 nitrogen and oxygen atoms in total. The molecule has 2 N–H and O–H groups in total. The van der Waals surface area contributed by atoms with E-state index in [2.05, 4.69) is 12.2 Å². The predicted molar refractivity (Wildman–Crippen MR) is 80.4 cm³/mol. The summed E-state index contributed by atoms with van der Waals surface area (Å²) in [5, 5.41) is 13.1. The maximum Gasteiger partial charge on any atom is 0.324 e. The van der Waals surface area contributed by atoms with E-state index in [0.29, 0.717) is 25.9 Å². The van der Waals surface area contributed by atoms with E-state index in [1.54, 1.807) is 0 Å². The van der Waals surface area contributed by atoms with E-state index in [-0.39, 0.29) is 5.92 Å². The second-order valence-electron chi connectivity index (χ2n) is 6.30. The molecule has 0 amide bonds. The van der Waals surface area contributed by atoms with E-state index in [9.17, 15) is 9.90 Å². The summed E-state index contributed by atoms with van der Waals surface area (Å²) in [4.78, 5) is 11.8. The largest absolute Gasteiger partial charge is 0.480 e. The molecule has 0 heterocycles. The summed E-state index contributed by atoms with van der Waals surface area (Å²) < 4.78 is 11.0. The molecule has 0 saturated heterocycles. The van der Waals surface area contributed by atoms with Gasteiger partial charge in [0.15, 0.2) is 0 Å². The molecule has 2 rings (SSSR count). The number of carboxylic acid groups (broad SMARTS) is 1. The molecule has 2 aliphatic carbocycles. The van der Waals surface area contributed by atoms with Gasteiger partial charge in [0, 0.05) is 19.3 Å². The fourth-order valence-electron chi connectivity index (χ4n) is 3.29. The van der Waals surface area contributed by atoms with Crippen LogP contribution in [0.2, 0.25) is 0 Å². The molecule has 122 valence electrons. The molecule has 21 heavy (non-hydrogen) atoms. The number of carbonyl (C=O) groups is 1. The molecule has 0 radical (unpaired) electrons. The third-order valence-corrected chi connectivity index (χ3v) is 4.57. The molecule has 0 aromatic rings. The van der Waals surface area contributed by atoms with Crippen molar-refractivity contribution in [3.05, 3.63) is 0 Å². The van der Waals surface area contributed by atoms with Gasteiger partial charge in [0.1, 0.15) is 5.54 Å². The lowest BCUT2D eigenvalue weighted by molar-refractivity contribution is -0.147. The zero-order valence-corrected chi connectivity index (χ0v) is 13.1. The Morgan fingerprint density at radius 3 is 2.52 bits per heavy atom. The van der Waals surface area contributed by atoms with Gasteiger partial charge >= 0.3 is 5.97 Å². The van der Waals surface area contributed by atoms with Crippen LogP contribution in [0.15, 0.2) is 0 Å². The number of hydrogen-bond acceptors (Lipinski definition) is 4. The third kappa shape index (κ3) is 4.66. The first-order valence-electron chi connectivity index (χ1n) is 8.35. The standard InChI is InChI=1S/C16H29NO4/c1-2-9-20-11-12-21-10-7-13-4-3-8-16(13,15(18)19)17-14-5-6-14/h13-14,17H,2-12H2,1H3,(H,18,19). The number of aliphatic carboxylic acids is 1. The van der Waals surface area contributed by atoms with Crippen LogP contribution in [0, 0.1) is 5.92 Å². The van der Waals surface area contributed by atoms with Gasteiger partial charge in [-0.05, 0) is 44.4 Å². The van der Waals surface area contributed by atoms with E-state index in [1.165, 1.54) is 0 Å². The van der Waals surface area contributed by atoms with Crippen molar-refractivity contribution in [2.75, 3.05) is 26.4 Å². The van der Waals surface area contributed by atoms with Gasteiger partial charge in [-0.25, -0.2) is 0 Å². The smallest absolute Gasteiger partial charge is 0.324 e. The van der Waals surface area contributed by atoms with Crippen LogP contribution in [0.3, 0.4) is 0 Å². The van der Waals surface area contributed by atoms with Gasteiger partial charge in [0.25, 0.3) is 0 Å². The summed E-state index contributed by atoms with van der Waals surface area (Å²) in [5.74, 6) is -0.490. The summed E-state index contributed by atoms with van der Waals surface area (Å²) in [5.41, 5.74) is -0.705. The van der Waals surface area contributed by atoms with Crippen molar-refractivity contribution < 1.29 is 19.4 Å². The van der Waals surface area contributed by atoms with Crippen LogP contribution in [0.5, 0.6) is 0 Å². The minimum Gasteiger partial charge on any atom is -0.480 e. The Morgan fingerprint density at radius 1 is 1.19 bits per heavy atom. The molecule has 0 spiro atoms. The monoisotopic (exact) mass is 299 g/mol. The van der Waals surface area contributed by atoms with Crippen LogP contribution >= 0.6 is 0 Å². The Bertz CT molecular complexity index is 332. The molecule has 2 fully saturated rings. The number of rotatable bonds is 11. The lowest BCUT2D eigenvalue weighted by atomic mass is 9.84. The van der Waals surface area contributed by atoms with Gasteiger partial charge < -0.3 is 14.6 Å². The molecule has 2 aliphatic rings. The maximum absolute atomic E-state index is 11.8. The Hall–Kier alpha value is -0.650. The molecular weight excluding hydrogens is 270 g/mol. The van der Waals surface area contributed by atoms with Crippen LogP contribution in [0.1, 0.15) is 51.9 Å². The fraction of sp³-hybridized carbons (Fsp3) is 0.938. The van der Waals surface area contributed by atoms with Gasteiger partial charge in [-0.1, -0.05) is 13.3 Å². The summed E-state index contributed by atoms with van der Waals surface area (Å²) >= 11 is 0. The van der Waals surface area contributed by atoms with E-state index in [4.69, 9.17) is 9.47 Å². The van der Waals surface area contributed by atoms with E-state index in [1.807, 2.05) is 0 Å². The van der Waals surface area contributed by atoms with Crippen molar-refractivity contribution in [3.63, 3.8) is 0 Å². The average Bonchev–Trinajstić information content (AvgIpc) is 3.17. The first-order chi connectivity index (χ1) is 10.2. The number of carboxylic acids is 1. The molecule has 5 heteroatoms. The maximum atomic E-state index is 11.8. The Balaban J connectivity index is 1.71. The number of ether oxygens (including phenoxy) is 2. The van der Waals surface area contributed by atoms with Gasteiger partial charge in [-0.2, -0.15) is 0 Å². The van der Waals surface area contributed by atoms with Crippen LogP contribution in [0.25, 0.3) is 0 Å². The Labute approximate surface area is 127 Å². The minimum absolute atomic E-state index is 0.187. The topological polar surface area (TPSA) is 67.8 Å². The highest BCUT2D eigenvalue weighted by Gasteiger charge is 2.50. The van der Waals surface area contributed by atoms with Crippen molar-refractivity contribution in [3.8, 4) is 0 Å². The van der Waals surface area contributed by atoms with Crippen molar-refractivity contribution in [2.24, 2.45) is 5.92 Å². The van der Waals surface area contributed by atoms with Crippen molar-refractivity contribution in [1.82, 2.24) is 5.32 Å². The van der Waals surface area contributed by atoms with Gasteiger partial charge in [-0.3, -0.25) is 10.1 Å². The van der Waals surface area contributed by atoms with Gasteiger partial charge in [0.05, 0.1) is 13.2 Å². The number of nitrogens with one attached hydrogen (secondary N) is 1. The van der Waals surface area contributed by atoms with E-state index in [0.717, 1.165) is 51.6 Å². The van der Waals surface area contributed by atoms with Crippen LogP contribution < -0.4 is 5.32 Å². The van der Waals surface area contributed by atoms with Gasteiger partial charge in [0.2, 0.25) is 0 Å². The highest BCUT2D eigenvalue weighted by Crippen LogP contribution is 2.40. The highest BCUT2D eigenvalue weighted by molar-refractivity contribution is 5.80. The summed E-state index contributed by atoms with van der Waals surface area (Å²) in [7, 11) is 0. The normalized spacial score (nSPS) is 28.9. The summed E-state index contributed by atoms with van der Waals surface area (Å²) in [6.45, 7) is 4.71. The minimum atomic E-state index is -0.705. The van der Waals surface area contributed by atoms with E-state index >= 15 is 0 Å². The second-order valence-corrected chi connectivity index (χ2v) is 6.30. The third-order valence-electron chi connectivity index (χ3n) is 4.57. The lowest BCUT2D eigenvalue weighted by Crippen LogP contribution is -2.55. The average molecular weight is 299 g/mol. The Morgan fingerprint density at radius 2 is 1.90 bits per heavy atom. The second kappa shape index (κ2) is 8.11. The summed E-state index contributed by atoms with van der Waals surface area (Å²) in [6.07, 6.45) is 6.82. The zero-order valence-electron chi connectivity index (χ0n) is 13.1. The van der Waals surface area contributed by atoms with Crippen molar-refractivity contribution in [1.29, 1.82) is 0 Å². The van der Waals surface area contributed by atoms with Crippen molar-refractivity contribution >= 4 is 5.97 Å². The Kier molecular flexibility index (Phi) is 6.45. The molecule has 2 unspecified atom stereocenters. The molecule has 2 atom stereocenters. The molecular formula is C16H29NO4. The molecule has 2 saturated carbocycles. The fourth-order valence-corrected chi connectivity index (χ4v) is 3.29. The molecule has 0 aromatic carbocycles. The highest BCUT2D eigenvalue weighted by atomic mass is 16.5. The lowest BCUT2D eigenvalue weighted by Gasteiger charge is -2.32. The first-order valence-corrected chi connectivity index (χ1v) is 8.35. The SMILES string of the molecule is CCCOCCOCCC1CCCC1(NC1CC1)C(=O)O. The quantitative estimate of drug-likeness (QED) is 0.572. The van der Waals surface area contributed by atoms with Gasteiger partial charge in [-0.15, -0.1) is 0 Å². The van der Waals surface area contributed by atoms with Crippen LogP contribution in [0.4, 0.5) is 0 Å². The number of hydrogen-bond donors (Lipinski definition) is 2. The molecule has 0 aliphatic heterocycles. The van der Waals surface area contributed by atoms with Crippen molar-refractivity contribution in [2.45, 2.75) is 63.5 Å².